The van der Waals surface area contributed by atoms with E-state index < -0.39 is 5.60 Å². The molecule has 1 atom stereocenters. The Bertz CT molecular complexity index is 548. The van der Waals surface area contributed by atoms with Crippen LogP contribution >= 0.6 is 0 Å². The molecule has 0 aliphatic heterocycles. The van der Waals surface area contributed by atoms with Gasteiger partial charge in [-0.25, -0.2) is 0 Å². The lowest BCUT2D eigenvalue weighted by Gasteiger charge is -2.27. The topological polar surface area (TPSA) is 64.2 Å². The lowest BCUT2D eigenvalue weighted by atomic mass is 10.1. The minimum absolute atomic E-state index is 0.533. The highest BCUT2D eigenvalue weighted by atomic mass is 16.3. The molecule has 2 aromatic rings. The SMILES string of the molecule is CN(C)CC(C)(O)CNCc1cc(-c2ccccc2)n[nH]1. The molecule has 0 radical (unpaired) electrons. The van der Waals surface area contributed by atoms with Gasteiger partial charge in [0.1, 0.15) is 0 Å². The van der Waals surface area contributed by atoms with Gasteiger partial charge in [0.05, 0.1) is 11.3 Å². The van der Waals surface area contributed by atoms with Gasteiger partial charge < -0.3 is 15.3 Å². The number of rotatable bonds is 7. The van der Waals surface area contributed by atoms with Crippen LogP contribution in [0.4, 0.5) is 0 Å². The molecule has 1 aromatic heterocycles. The molecule has 0 bridgehead atoms. The first kappa shape index (κ1) is 15.7. The third-order valence-corrected chi connectivity index (χ3v) is 3.18. The van der Waals surface area contributed by atoms with E-state index in [2.05, 4.69) is 15.5 Å². The van der Waals surface area contributed by atoms with Crippen molar-refractivity contribution >= 4 is 0 Å². The van der Waals surface area contributed by atoms with E-state index in [0.717, 1.165) is 17.0 Å². The fourth-order valence-electron chi connectivity index (χ4n) is 2.41. The summed E-state index contributed by atoms with van der Waals surface area (Å²) in [4.78, 5) is 1.98. The summed E-state index contributed by atoms with van der Waals surface area (Å²) in [6.07, 6.45) is 0. The number of benzene rings is 1. The van der Waals surface area contributed by atoms with Crippen LogP contribution in [0.25, 0.3) is 11.3 Å². The van der Waals surface area contributed by atoms with Crippen LogP contribution in [0.3, 0.4) is 0 Å². The van der Waals surface area contributed by atoms with Crippen molar-refractivity contribution in [3.8, 4) is 11.3 Å². The maximum atomic E-state index is 10.2. The average Bonchev–Trinajstić information content (AvgIpc) is 2.87. The van der Waals surface area contributed by atoms with Crippen molar-refractivity contribution in [3.63, 3.8) is 0 Å². The monoisotopic (exact) mass is 288 g/mol. The molecule has 0 fully saturated rings. The Kier molecular flexibility index (Phi) is 5.12. The van der Waals surface area contributed by atoms with Crippen LogP contribution in [0.1, 0.15) is 12.6 Å². The van der Waals surface area contributed by atoms with Crippen LogP contribution in [-0.2, 0) is 6.54 Å². The number of hydrogen-bond donors (Lipinski definition) is 3. The van der Waals surface area contributed by atoms with Gasteiger partial charge in [0.2, 0.25) is 0 Å². The van der Waals surface area contributed by atoms with Crippen molar-refractivity contribution in [1.29, 1.82) is 0 Å². The zero-order valence-electron chi connectivity index (χ0n) is 12.9. The number of aromatic nitrogens is 2. The number of hydrogen-bond acceptors (Lipinski definition) is 4. The molecule has 1 unspecified atom stereocenters. The third-order valence-electron chi connectivity index (χ3n) is 3.18. The lowest BCUT2D eigenvalue weighted by Crippen LogP contribution is -2.45. The first-order valence-corrected chi connectivity index (χ1v) is 7.14. The summed E-state index contributed by atoms with van der Waals surface area (Å²) in [5.74, 6) is 0. The Morgan fingerprint density at radius 1 is 1.29 bits per heavy atom. The van der Waals surface area contributed by atoms with Crippen LogP contribution in [0, 0.1) is 0 Å². The van der Waals surface area contributed by atoms with Gasteiger partial charge in [0.15, 0.2) is 0 Å². The Hall–Kier alpha value is -1.69. The predicted molar refractivity (Wildman–Crippen MR) is 84.9 cm³/mol. The van der Waals surface area contributed by atoms with Crippen molar-refractivity contribution in [2.45, 2.75) is 19.1 Å². The fourth-order valence-corrected chi connectivity index (χ4v) is 2.41. The van der Waals surface area contributed by atoms with Crippen molar-refractivity contribution in [1.82, 2.24) is 20.4 Å². The predicted octanol–water partition coefficient (Wildman–Crippen LogP) is 1.48. The highest BCUT2D eigenvalue weighted by molar-refractivity contribution is 5.58. The van der Waals surface area contributed by atoms with Crippen molar-refractivity contribution < 1.29 is 5.11 Å². The summed E-state index contributed by atoms with van der Waals surface area (Å²) in [6.45, 7) is 3.65. The summed E-state index contributed by atoms with van der Waals surface area (Å²) in [5, 5.41) is 20.8. The second-order valence-corrected chi connectivity index (χ2v) is 5.98. The maximum absolute atomic E-state index is 10.2. The van der Waals surface area contributed by atoms with Crippen LogP contribution in [0.2, 0.25) is 0 Å². The molecular weight excluding hydrogens is 264 g/mol. The van der Waals surface area contributed by atoms with Gasteiger partial charge in [0, 0.05) is 30.9 Å². The van der Waals surface area contributed by atoms with E-state index in [9.17, 15) is 5.11 Å². The van der Waals surface area contributed by atoms with Gasteiger partial charge >= 0.3 is 0 Å². The van der Waals surface area contributed by atoms with E-state index in [1.165, 1.54) is 0 Å². The van der Waals surface area contributed by atoms with Gasteiger partial charge in [-0.1, -0.05) is 30.3 Å². The third kappa shape index (κ3) is 4.97. The molecule has 1 heterocycles. The zero-order valence-corrected chi connectivity index (χ0v) is 12.9. The van der Waals surface area contributed by atoms with Gasteiger partial charge in [-0.2, -0.15) is 5.10 Å². The number of likely N-dealkylation sites (N-methyl/N-ethyl adjacent to an activating group) is 1. The fraction of sp³-hybridized carbons (Fsp3) is 0.438. The number of aromatic amines is 1. The molecular formula is C16H24N4O. The molecule has 0 amide bonds. The number of aliphatic hydroxyl groups is 1. The maximum Gasteiger partial charge on any atom is 0.0924 e. The number of nitrogens with one attached hydrogen (secondary N) is 2. The first-order chi connectivity index (χ1) is 9.96. The molecule has 5 nitrogen and oxygen atoms in total. The average molecular weight is 288 g/mol. The molecule has 5 heteroatoms. The molecule has 0 saturated heterocycles. The summed E-state index contributed by atoms with van der Waals surface area (Å²) in [7, 11) is 3.91. The van der Waals surface area contributed by atoms with Crippen molar-refractivity contribution in [2.75, 3.05) is 27.2 Å². The first-order valence-electron chi connectivity index (χ1n) is 7.14. The number of H-pyrrole nitrogens is 1. The molecule has 21 heavy (non-hydrogen) atoms. The lowest BCUT2D eigenvalue weighted by molar-refractivity contribution is 0.0335. The zero-order chi connectivity index (χ0) is 15.3. The summed E-state index contributed by atoms with van der Waals surface area (Å²) >= 11 is 0. The highest BCUT2D eigenvalue weighted by Crippen LogP contribution is 2.16. The highest BCUT2D eigenvalue weighted by Gasteiger charge is 2.20. The van der Waals surface area contributed by atoms with E-state index in [1.807, 2.05) is 62.3 Å². The molecule has 0 aliphatic rings. The normalized spacial score (nSPS) is 14.3. The molecule has 0 aliphatic carbocycles. The molecule has 3 N–H and O–H groups in total. The second kappa shape index (κ2) is 6.85. The van der Waals surface area contributed by atoms with Crippen LogP contribution in [-0.4, -0.2) is 53.0 Å². The van der Waals surface area contributed by atoms with E-state index in [1.54, 1.807) is 0 Å². The van der Waals surface area contributed by atoms with Crippen LogP contribution in [0.15, 0.2) is 36.4 Å². The van der Waals surface area contributed by atoms with Gasteiger partial charge in [-0.05, 0) is 27.1 Å². The minimum atomic E-state index is -0.744. The Balaban J connectivity index is 1.86. The smallest absolute Gasteiger partial charge is 0.0924 e. The Morgan fingerprint density at radius 3 is 2.67 bits per heavy atom. The summed E-state index contributed by atoms with van der Waals surface area (Å²) < 4.78 is 0. The van der Waals surface area contributed by atoms with E-state index >= 15 is 0 Å². The van der Waals surface area contributed by atoms with Crippen molar-refractivity contribution in [3.05, 3.63) is 42.1 Å². The molecule has 114 valence electrons. The van der Waals surface area contributed by atoms with Crippen LogP contribution in [0.5, 0.6) is 0 Å². The van der Waals surface area contributed by atoms with Gasteiger partial charge in [-0.15, -0.1) is 0 Å². The number of nitrogens with zero attached hydrogens (tertiary/aromatic N) is 2. The van der Waals surface area contributed by atoms with E-state index in [0.29, 0.717) is 19.6 Å². The van der Waals surface area contributed by atoms with Crippen LogP contribution < -0.4 is 5.32 Å². The largest absolute Gasteiger partial charge is 0.388 e. The van der Waals surface area contributed by atoms with Gasteiger partial charge in [0.25, 0.3) is 0 Å². The Morgan fingerprint density at radius 2 is 2.00 bits per heavy atom. The quantitative estimate of drug-likeness (QED) is 0.722. The Labute approximate surface area is 126 Å². The minimum Gasteiger partial charge on any atom is -0.388 e. The molecule has 0 spiro atoms. The molecule has 1 aromatic carbocycles. The molecule has 0 saturated carbocycles. The summed E-state index contributed by atoms with van der Waals surface area (Å²) in [6, 6.07) is 12.1. The van der Waals surface area contributed by atoms with Gasteiger partial charge in [-0.3, -0.25) is 5.10 Å². The molecule has 2 rings (SSSR count). The van der Waals surface area contributed by atoms with E-state index in [-0.39, 0.29) is 0 Å². The standard InChI is InChI=1S/C16H24N4O/c1-16(21,12-20(2)3)11-17-10-14-9-15(19-18-14)13-7-5-4-6-8-13/h4-9,17,21H,10-12H2,1-3H3,(H,18,19). The van der Waals surface area contributed by atoms with E-state index in [4.69, 9.17) is 0 Å². The van der Waals surface area contributed by atoms with Crippen molar-refractivity contribution in [2.24, 2.45) is 0 Å². The summed E-state index contributed by atoms with van der Waals surface area (Å²) in [5.41, 5.74) is 2.30. The second-order valence-electron chi connectivity index (χ2n) is 5.98.